The van der Waals surface area contributed by atoms with Crippen LogP contribution in [0.25, 0.3) is 0 Å². The highest BCUT2D eigenvalue weighted by molar-refractivity contribution is 9.10. The molecule has 1 saturated heterocycles. The van der Waals surface area contributed by atoms with Gasteiger partial charge in [0.2, 0.25) is 0 Å². The van der Waals surface area contributed by atoms with Crippen molar-refractivity contribution in [1.29, 1.82) is 0 Å². The Morgan fingerprint density at radius 3 is 2.83 bits per heavy atom. The zero-order valence-electron chi connectivity index (χ0n) is 11.1. The number of hydrogen-bond donors (Lipinski definition) is 1. The summed E-state index contributed by atoms with van der Waals surface area (Å²) in [7, 11) is 0. The number of nitrogens with one attached hydrogen (secondary N) is 1. The van der Waals surface area contributed by atoms with E-state index in [0.29, 0.717) is 5.92 Å². The Bertz CT molecular complexity index is 347. The first-order valence-electron chi connectivity index (χ1n) is 6.90. The third-order valence-corrected chi connectivity index (χ3v) is 4.19. The second-order valence-electron chi connectivity index (χ2n) is 5.29. The molecule has 0 spiro atoms. The summed E-state index contributed by atoms with van der Waals surface area (Å²) in [5, 5.41) is 3.47. The van der Waals surface area contributed by atoms with Crippen LogP contribution in [0.4, 0.5) is 0 Å². The molecule has 1 aliphatic heterocycles. The summed E-state index contributed by atoms with van der Waals surface area (Å²) in [5.74, 6) is 1.68. The van der Waals surface area contributed by atoms with E-state index in [4.69, 9.17) is 4.42 Å². The summed E-state index contributed by atoms with van der Waals surface area (Å²) in [6.07, 6.45) is 5.88. The van der Waals surface area contributed by atoms with Gasteiger partial charge in [-0.3, -0.25) is 0 Å². The maximum absolute atomic E-state index is 5.38. The van der Waals surface area contributed by atoms with Crippen LogP contribution in [0, 0.1) is 5.92 Å². The summed E-state index contributed by atoms with van der Waals surface area (Å²) in [4.78, 5) is 2.60. The quantitative estimate of drug-likeness (QED) is 0.873. The third kappa shape index (κ3) is 4.41. The Kier molecular flexibility index (Phi) is 5.73. The molecule has 2 heterocycles. The number of nitrogens with zero attached hydrogens (tertiary/aromatic N) is 1. The average molecular weight is 315 g/mol. The van der Waals surface area contributed by atoms with E-state index in [1.165, 1.54) is 38.9 Å². The van der Waals surface area contributed by atoms with Crippen molar-refractivity contribution in [2.45, 2.75) is 32.7 Å². The standard InChI is InChI=1S/C14H23BrN2O/c1-12(11-17-6-3-2-4-7-17)9-16-10-14-13(15)5-8-18-14/h5,8,12,16H,2-4,6-7,9-11H2,1H3. The Hall–Kier alpha value is -0.320. The summed E-state index contributed by atoms with van der Waals surface area (Å²) in [5.41, 5.74) is 0. The van der Waals surface area contributed by atoms with Gasteiger partial charge in [0.25, 0.3) is 0 Å². The fourth-order valence-corrected chi connectivity index (χ4v) is 2.87. The van der Waals surface area contributed by atoms with Crippen molar-refractivity contribution < 1.29 is 4.42 Å². The molecular weight excluding hydrogens is 292 g/mol. The molecule has 2 rings (SSSR count). The first-order chi connectivity index (χ1) is 8.75. The molecule has 102 valence electrons. The van der Waals surface area contributed by atoms with Gasteiger partial charge in [0.1, 0.15) is 5.76 Å². The normalized spacial score (nSPS) is 19.0. The molecule has 18 heavy (non-hydrogen) atoms. The molecule has 0 aromatic carbocycles. The Labute approximate surface area is 118 Å². The summed E-state index contributed by atoms with van der Waals surface area (Å²) < 4.78 is 6.43. The van der Waals surface area contributed by atoms with E-state index in [1.54, 1.807) is 6.26 Å². The molecule has 1 fully saturated rings. The zero-order valence-corrected chi connectivity index (χ0v) is 12.7. The van der Waals surface area contributed by atoms with Gasteiger partial charge in [0, 0.05) is 6.54 Å². The average Bonchev–Trinajstić information content (AvgIpc) is 2.76. The number of likely N-dealkylation sites (tertiary alicyclic amines) is 1. The zero-order chi connectivity index (χ0) is 12.8. The summed E-state index contributed by atoms with van der Waals surface area (Å²) in [6, 6.07) is 1.94. The first kappa shape index (κ1) is 14.1. The van der Waals surface area contributed by atoms with E-state index in [-0.39, 0.29) is 0 Å². The Morgan fingerprint density at radius 1 is 1.39 bits per heavy atom. The van der Waals surface area contributed by atoms with Gasteiger partial charge in [0.15, 0.2) is 0 Å². The van der Waals surface area contributed by atoms with E-state index >= 15 is 0 Å². The minimum absolute atomic E-state index is 0.692. The lowest BCUT2D eigenvalue weighted by Crippen LogP contribution is -2.36. The first-order valence-corrected chi connectivity index (χ1v) is 7.70. The van der Waals surface area contributed by atoms with Crippen LogP contribution >= 0.6 is 15.9 Å². The van der Waals surface area contributed by atoms with E-state index in [1.807, 2.05) is 6.07 Å². The van der Waals surface area contributed by atoms with Crippen LogP contribution in [-0.2, 0) is 6.54 Å². The molecule has 0 bridgehead atoms. The largest absolute Gasteiger partial charge is 0.467 e. The van der Waals surface area contributed by atoms with Crippen LogP contribution in [0.2, 0.25) is 0 Å². The van der Waals surface area contributed by atoms with Crippen LogP contribution in [-0.4, -0.2) is 31.1 Å². The van der Waals surface area contributed by atoms with Gasteiger partial charge in [-0.15, -0.1) is 0 Å². The highest BCUT2D eigenvalue weighted by Gasteiger charge is 2.13. The van der Waals surface area contributed by atoms with E-state index in [0.717, 1.165) is 23.3 Å². The van der Waals surface area contributed by atoms with Gasteiger partial charge >= 0.3 is 0 Å². The van der Waals surface area contributed by atoms with Crippen molar-refractivity contribution in [3.63, 3.8) is 0 Å². The molecule has 1 aliphatic rings. The Balaban J connectivity index is 1.62. The van der Waals surface area contributed by atoms with Crippen molar-refractivity contribution in [1.82, 2.24) is 10.2 Å². The van der Waals surface area contributed by atoms with Crippen molar-refractivity contribution in [3.05, 3.63) is 22.6 Å². The minimum atomic E-state index is 0.692. The molecule has 0 aliphatic carbocycles. The van der Waals surface area contributed by atoms with Crippen molar-refractivity contribution >= 4 is 15.9 Å². The van der Waals surface area contributed by atoms with Gasteiger partial charge in [-0.2, -0.15) is 0 Å². The Morgan fingerprint density at radius 2 is 2.17 bits per heavy atom. The molecule has 1 aromatic heterocycles. The smallest absolute Gasteiger partial charge is 0.131 e. The fourth-order valence-electron chi connectivity index (χ4n) is 2.53. The summed E-state index contributed by atoms with van der Waals surface area (Å²) in [6.45, 7) is 7.95. The number of furan rings is 1. The van der Waals surface area contributed by atoms with Gasteiger partial charge in [-0.1, -0.05) is 13.3 Å². The second-order valence-corrected chi connectivity index (χ2v) is 6.14. The number of piperidine rings is 1. The highest BCUT2D eigenvalue weighted by atomic mass is 79.9. The van der Waals surface area contributed by atoms with Crippen LogP contribution in [0.5, 0.6) is 0 Å². The van der Waals surface area contributed by atoms with Crippen molar-refractivity contribution in [3.8, 4) is 0 Å². The maximum atomic E-state index is 5.38. The van der Waals surface area contributed by atoms with Crippen LogP contribution in [0.3, 0.4) is 0 Å². The van der Waals surface area contributed by atoms with Gasteiger partial charge in [-0.05, 0) is 60.4 Å². The fraction of sp³-hybridized carbons (Fsp3) is 0.714. The third-order valence-electron chi connectivity index (χ3n) is 3.49. The lowest BCUT2D eigenvalue weighted by molar-refractivity contribution is 0.198. The van der Waals surface area contributed by atoms with Crippen molar-refractivity contribution in [2.75, 3.05) is 26.2 Å². The lowest BCUT2D eigenvalue weighted by atomic mass is 10.1. The minimum Gasteiger partial charge on any atom is -0.467 e. The predicted octanol–water partition coefficient (Wildman–Crippen LogP) is 3.25. The summed E-state index contributed by atoms with van der Waals surface area (Å²) >= 11 is 3.47. The van der Waals surface area contributed by atoms with E-state index < -0.39 is 0 Å². The molecule has 1 N–H and O–H groups in total. The molecule has 1 aromatic rings. The second kappa shape index (κ2) is 7.31. The number of halogens is 1. The molecule has 1 atom stereocenters. The molecule has 0 saturated carbocycles. The molecule has 3 nitrogen and oxygen atoms in total. The lowest BCUT2D eigenvalue weighted by Gasteiger charge is -2.29. The van der Waals surface area contributed by atoms with Crippen LogP contribution < -0.4 is 5.32 Å². The SMILES string of the molecule is CC(CNCc1occc1Br)CN1CCCCC1. The van der Waals surface area contributed by atoms with E-state index in [2.05, 4.69) is 33.1 Å². The topological polar surface area (TPSA) is 28.4 Å². The molecular formula is C14H23BrN2O. The predicted molar refractivity (Wildman–Crippen MR) is 77.6 cm³/mol. The molecule has 1 unspecified atom stereocenters. The van der Waals surface area contributed by atoms with Crippen LogP contribution in [0.15, 0.2) is 21.2 Å². The monoisotopic (exact) mass is 314 g/mol. The van der Waals surface area contributed by atoms with E-state index in [9.17, 15) is 0 Å². The van der Waals surface area contributed by atoms with Gasteiger partial charge in [-0.25, -0.2) is 0 Å². The molecule has 0 radical (unpaired) electrons. The van der Waals surface area contributed by atoms with Gasteiger partial charge < -0.3 is 14.6 Å². The molecule has 0 amide bonds. The van der Waals surface area contributed by atoms with Gasteiger partial charge in [0.05, 0.1) is 17.3 Å². The van der Waals surface area contributed by atoms with Crippen LogP contribution in [0.1, 0.15) is 31.9 Å². The number of hydrogen-bond acceptors (Lipinski definition) is 3. The maximum Gasteiger partial charge on any atom is 0.131 e. The van der Waals surface area contributed by atoms with Crippen molar-refractivity contribution in [2.24, 2.45) is 5.92 Å². The molecule has 4 heteroatoms. The number of rotatable bonds is 6. The highest BCUT2D eigenvalue weighted by Crippen LogP contribution is 2.17.